The van der Waals surface area contributed by atoms with Gasteiger partial charge < -0.3 is 15.3 Å². The van der Waals surface area contributed by atoms with Crippen molar-refractivity contribution in [3.8, 4) is 41.9 Å². The highest BCUT2D eigenvalue weighted by atomic mass is 127. The van der Waals surface area contributed by atoms with E-state index in [1.165, 1.54) is 0 Å². The summed E-state index contributed by atoms with van der Waals surface area (Å²) < 4.78 is 1.14. The molecule has 172 valence electrons. The summed E-state index contributed by atoms with van der Waals surface area (Å²) in [6.45, 7) is 12.0. The Morgan fingerprint density at radius 1 is 0.500 bits per heavy atom. The van der Waals surface area contributed by atoms with E-state index in [4.69, 9.17) is 15.3 Å². The molecule has 0 aliphatic rings. The second kappa shape index (κ2) is 24.2. The van der Waals surface area contributed by atoms with E-state index in [0.29, 0.717) is 5.75 Å². The molecule has 3 aromatic rings. The van der Waals surface area contributed by atoms with Crippen molar-refractivity contribution < 1.29 is 15.3 Å². The number of hydrogen-bond donors (Lipinski definition) is 3. The fourth-order valence-corrected chi connectivity index (χ4v) is 2.03. The van der Waals surface area contributed by atoms with Gasteiger partial charge in [-0.05, 0) is 95.4 Å². The van der Waals surface area contributed by atoms with Gasteiger partial charge >= 0.3 is 0 Å². The molecular weight excluding hydrogens is 511 g/mol. The standard InChI is InChI=1S/C14H10O2.C6H5IO.3C2H6.C2H2/c15-13-7-3-11(4-8-13)1-2-12-5-9-14(16)10-6-12;7-5-1-3-6(8)4-2-5;4*1-2/h3-10,15-16H;1-4,8H;3*1-2H3;1-2H. The van der Waals surface area contributed by atoms with Crippen LogP contribution in [0.15, 0.2) is 72.8 Å². The first-order valence-electron chi connectivity index (χ1n) is 10.4. The molecule has 3 nitrogen and oxygen atoms in total. The summed E-state index contributed by atoms with van der Waals surface area (Å²) in [5, 5.41) is 26.9. The maximum atomic E-state index is 9.10. The zero-order chi connectivity index (χ0) is 25.4. The van der Waals surface area contributed by atoms with E-state index in [1.807, 2.05) is 53.7 Å². The molecule has 32 heavy (non-hydrogen) atoms. The molecule has 0 bridgehead atoms. The molecule has 0 saturated carbocycles. The van der Waals surface area contributed by atoms with Crippen molar-refractivity contribution >= 4 is 22.6 Å². The molecule has 0 heterocycles. The Morgan fingerprint density at radius 2 is 0.719 bits per heavy atom. The first-order valence-corrected chi connectivity index (χ1v) is 11.5. The highest BCUT2D eigenvalue weighted by Crippen LogP contribution is 2.11. The predicted octanol–water partition coefficient (Wildman–Crippen LogP) is 7.82. The van der Waals surface area contributed by atoms with Crippen LogP contribution in [0, 0.1) is 28.3 Å². The van der Waals surface area contributed by atoms with Crippen molar-refractivity contribution in [2.75, 3.05) is 0 Å². The van der Waals surface area contributed by atoms with E-state index in [1.54, 1.807) is 60.7 Å². The van der Waals surface area contributed by atoms with Crippen LogP contribution in [-0.2, 0) is 0 Å². The Kier molecular flexibility index (Phi) is 25.3. The lowest BCUT2D eigenvalue weighted by Crippen LogP contribution is -1.75. The average Bonchev–Trinajstić information content (AvgIpc) is 2.87. The molecule has 0 radical (unpaired) electrons. The summed E-state index contributed by atoms with van der Waals surface area (Å²) in [7, 11) is 0. The molecule has 0 aliphatic heterocycles. The monoisotopic (exact) mass is 546 g/mol. The topological polar surface area (TPSA) is 60.7 Å². The molecule has 0 fully saturated rings. The van der Waals surface area contributed by atoms with Crippen LogP contribution in [0.5, 0.6) is 17.2 Å². The number of benzene rings is 3. The van der Waals surface area contributed by atoms with Gasteiger partial charge in [-0.1, -0.05) is 53.4 Å². The van der Waals surface area contributed by atoms with Gasteiger partial charge in [0.2, 0.25) is 0 Å². The summed E-state index contributed by atoms with van der Waals surface area (Å²) >= 11 is 2.19. The van der Waals surface area contributed by atoms with Crippen LogP contribution in [0.1, 0.15) is 52.7 Å². The third-order valence-electron chi connectivity index (χ3n) is 2.91. The Morgan fingerprint density at radius 3 is 0.938 bits per heavy atom. The Hall–Kier alpha value is -3.09. The average molecular weight is 546 g/mol. The number of halogens is 1. The third-order valence-corrected chi connectivity index (χ3v) is 3.63. The molecule has 3 rings (SSSR count). The van der Waals surface area contributed by atoms with Crippen molar-refractivity contribution in [2.45, 2.75) is 41.5 Å². The molecule has 0 unspecified atom stereocenters. The van der Waals surface area contributed by atoms with Gasteiger partial charge in [-0.15, -0.1) is 12.8 Å². The minimum Gasteiger partial charge on any atom is -0.508 e. The summed E-state index contributed by atoms with van der Waals surface area (Å²) in [6, 6.07) is 20.5. The van der Waals surface area contributed by atoms with Gasteiger partial charge in [-0.2, -0.15) is 0 Å². The van der Waals surface area contributed by atoms with Crippen LogP contribution < -0.4 is 0 Å². The van der Waals surface area contributed by atoms with Gasteiger partial charge in [-0.3, -0.25) is 0 Å². The number of terminal acetylenes is 1. The maximum Gasteiger partial charge on any atom is 0.115 e. The Bertz CT molecular complexity index is 800. The summed E-state index contributed by atoms with van der Waals surface area (Å²) in [6.07, 6.45) is 8.00. The zero-order valence-electron chi connectivity index (χ0n) is 19.8. The van der Waals surface area contributed by atoms with Crippen LogP contribution in [0.4, 0.5) is 0 Å². The van der Waals surface area contributed by atoms with E-state index in [9.17, 15) is 0 Å². The van der Waals surface area contributed by atoms with Gasteiger partial charge in [0.15, 0.2) is 0 Å². The molecule has 0 aliphatic carbocycles. The van der Waals surface area contributed by atoms with Gasteiger partial charge in [-0.25, -0.2) is 0 Å². The fraction of sp³-hybridized carbons (Fsp3) is 0.214. The second-order valence-corrected chi connectivity index (χ2v) is 6.07. The van der Waals surface area contributed by atoms with Crippen LogP contribution in [-0.4, -0.2) is 15.3 Å². The summed E-state index contributed by atoms with van der Waals surface area (Å²) in [5.74, 6) is 6.72. The number of aromatic hydroxyl groups is 3. The lowest BCUT2D eigenvalue weighted by atomic mass is 10.2. The minimum absolute atomic E-state index is 0.232. The first-order chi connectivity index (χ1) is 15.5. The molecule has 0 atom stereocenters. The molecule has 0 spiro atoms. The van der Waals surface area contributed by atoms with E-state index in [2.05, 4.69) is 47.3 Å². The van der Waals surface area contributed by atoms with E-state index in [-0.39, 0.29) is 11.5 Å². The van der Waals surface area contributed by atoms with Gasteiger partial charge in [0, 0.05) is 14.7 Å². The van der Waals surface area contributed by atoms with E-state index in [0.717, 1.165) is 14.7 Å². The molecular formula is C28H35IO3. The largest absolute Gasteiger partial charge is 0.508 e. The molecule has 0 saturated heterocycles. The third kappa shape index (κ3) is 17.7. The molecule has 3 N–H and O–H groups in total. The maximum absolute atomic E-state index is 9.10. The van der Waals surface area contributed by atoms with Crippen LogP contribution in [0.2, 0.25) is 0 Å². The highest BCUT2D eigenvalue weighted by Gasteiger charge is 1.89. The molecule has 0 amide bonds. The highest BCUT2D eigenvalue weighted by molar-refractivity contribution is 14.1. The van der Waals surface area contributed by atoms with Gasteiger partial charge in [0.05, 0.1) is 0 Å². The van der Waals surface area contributed by atoms with Gasteiger partial charge in [0.1, 0.15) is 17.2 Å². The smallest absolute Gasteiger partial charge is 0.115 e. The zero-order valence-corrected chi connectivity index (χ0v) is 22.0. The number of hydrogen-bond acceptors (Lipinski definition) is 3. The van der Waals surface area contributed by atoms with Crippen molar-refractivity contribution in [1.29, 1.82) is 0 Å². The van der Waals surface area contributed by atoms with Crippen molar-refractivity contribution in [3.05, 3.63) is 87.5 Å². The second-order valence-electron chi connectivity index (χ2n) is 4.82. The van der Waals surface area contributed by atoms with E-state index >= 15 is 0 Å². The number of phenolic OH excluding ortho intramolecular Hbond substituents is 3. The molecule has 3 aromatic carbocycles. The lowest BCUT2D eigenvalue weighted by molar-refractivity contribution is 0.474. The van der Waals surface area contributed by atoms with Gasteiger partial charge in [0.25, 0.3) is 0 Å². The van der Waals surface area contributed by atoms with Crippen LogP contribution in [0.3, 0.4) is 0 Å². The summed E-state index contributed by atoms with van der Waals surface area (Å²) in [5.41, 5.74) is 1.68. The SMILES string of the molecule is C#C.CC.CC.CC.Oc1ccc(C#Cc2ccc(O)cc2)cc1.Oc1ccc(I)cc1. The van der Waals surface area contributed by atoms with Crippen LogP contribution in [0.25, 0.3) is 0 Å². The van der Waals surface area contributed by atoms with Crippen molar-refractivity contribution in [3.63, 3.8) is 0 Å². The normalized spacial score (nSPS) is 7.53. The van der Waals surface area contributed by atoms with Crippen LogP contribution >= 0.6 is 22.6 Å². The molecule has 0 aromatic heterocycles. The lowest BCUT2D eigenvalue weighted by Gasteiger charge is -1.92. The minimum atomic E-state index is 0.232. The van der Waals surface area contributed by atoms with Crippen molar-refractivity contribution in [2.24, 2.45) is 0 Å². The Labute approximate surface area is 208 Å². The predicted molar refractivity (Wildman–Crippen MR) is 147 cm³/mol. The number of rotatable bonds is 0. The Balaban J connectivity index is -0.000000443. The first kappa shape index (κ1) is 33.5. The number of phenols is 3. The van der Waals surface area contributed by atoms with E-state index < -0.39 is 0 Å². The summed E-state index contributed by atoms with van der Waals surface area (Å²) in [4.78, 5) is 0. The van der Waals surface area contributed by atoms with Crippen molar-refractivity contribution in [1.82, 2.24) is 0 Å². The fourth-order valence-electron chi connectivity index (χ4n) is 1.67. The quantitative estimate of drug-likeness (QED) is 0.199. The molecule has 4 heteroatoms.